The number of hydrogen-bond donors (Lipinski definition) is 6. The number of alkyl halides is 1. The van der Waals surface area contributed by atoms with Gasteiger partial charge < -0.3 is 40.4 Å². The molecule has 2 bridgehead atoms. The molecule has 4 aromatic rings. The molecule has 248 valence electrons. The van der Waals surface area contributed by atoms with Gasteiger partial charge in [-0.05, 0) is 23.4 Å². The molecule has 46 heavy (non-hydrogen) atoms. The Bertz CT molecular complexity index is 2000. The Kier molecular flexibility index (Phi) is 7.91. The summed E-state index contributed by atoms with van der Waals surface area (Å²) >= 11 is 11.1. The number of nitrogens with two attached hydrogens (primary N) is 2. The molecule has 7 heterocycles. The van der Waals surface area contributed by atoms with Gasteiger partial charge in [0.15, 0.2) is 41.3 Å². The molecule has 3 fully saturated rings. The maximum atomic E-state index is 16.0. The van der Waals surface area contributed by atoms with Gasteiger partial charge in [-0.3, -0.25) is 32.5 Å². The molecule has 0 radical (unpaired) electrons. The van der Waals surface area contributed by atoms with Crippen LogP contribution in [0.3, 0.4) is 0 Å². The number of imidazole rings is 2. The molecule has 0 saturated carbocycles. The lowest BCUT2D eigenvalue weighted by molar-refractivity contribution is -0.0635. The maximum absolute atomic E-state index is 16.0. The number of hydrogen-bond acceptors (Lipinski definition) is 17. The first-order valence-electron chi connectivity index (χ1n) is 13.0. The Morgan fingerprint density at radius 2 is 1.63 bits per heavy atom. The smallest absolute Gasteiger partial charge is 0.387 e. The highest BCUT2D eigenvalue weighted by Crippen LogP contribution is 2.54. The fraction of sp³-hybridized carbons (Fsp3) is 0.500. The Hall–Kier alpha value is -2.76. The minimum absolute atomic E-state index is 0.0158. The summed E-state index contributed by atoms with van der Waals surface area (Å²) in [6.45, 7) is -5.89. The van der Waals surface area contributed by atoms with Gasteiger partial charge >= 0.3 is 14.5 Å². The second-order valence-electron chi connectivity index (χ2n) is 10.2. The van der Waals surface area contributed by atoms with Gasteiger partial charge in [-0.2, -0.15) is 15.0 Å². The van der Waals surface area contributed by atoms with E-state index >= 15 is 4.39 Å². The lowest BCUT2D eigenvalue weighted by atomic mass is 10.1. The number of H-pyrrole nitrogens is 1. The van der Waals surface area contributed by atoms with Crippen molar-refractivity contribution in [2.75, 3.05) is 24.7 Å². The first-order chi connectivity index (χ1) is 21.7. The van der Waals surface area contributed by atoms with Crippen molar-refractivity contribution in [1.82, 2.24) is 39.0 Å². The molecule has 4 aromatic heterocycles. The number of fused-ring (bicyclic) bond motifs is 5. The van der Waals surface area contributed by atoms with E-state index in [9.17, 15) is 24.3 Å². The summed E-state index contributed by atoms with van der Waals surface area (Å²) in [6, 6.07) is 0. The van der Waals surface area contributed by atoms with E-state index < -0.39 is 82.5 Å². The zero-order valence-corrected chi connectivity index (χ0v) is 26.0. The topological polar surface area (TPSA) is 292 Å². The highest BCUT2D eigenvalue weighted by Gasteiger charge is 2.54. The molecule has 21 nitrogen and oxygen atoms in total. The summed E-state index contributed by atoms with van der Waals surface area (Å²) in [4.78, 5) is 56.1. The number of nitrogens with one attached hydrogen (secondary N) is 1. The minimum atomic E-state index is -5.12. The number of halogens is 2. The van der Waals surface area contributed by atoms with Crippen LogP contribution < -0.4 is 17.0 Å². The Morgan fingerprint density at radius 1 is 0.978 bits per heavy atom. The van der Waals surface area contributed by atoms with E-state index in [-0.39, 0.29) is 39.4 Å². The third-order valence-corrected chi connectivity index (χ3v) is 10.0. The second-order valence-corrected chi connectivity index (χ2v) is 14.7. The first-order valence-corrected chi connectivity index (χ1v) is 17.5. The van der Waals surface area contributed by atoms with Gasteiger partial charge in [0.25, 0.3) is 5.56 Å². The monoisotopic (exact) mass is 726 g/mol. The molecule has 10 atom stereocenters. The molecule has 8 N–H and O–H groups in total. The summed E-state index contributed by atoms with van der Waals surface area (Å²) < 4.78 is 64.4. The van der Waals surface area contributed by atoms with Crippen LogP contribution in [0, 0.1) is 0 Å². The van der Waals surface area contributed by atoms with E-state index in [0.29, 0.717) is 0 Å². The summed E-state index contributed by atoms with van der Waals surface area (Å²) in [7, 11) is -5.12. The van der Waals surface area contributed by atoms with Gasteiger partial charge in [0, 0.05) is 0 Å². The number of aromatic nitrogens is 8. The molecule has 0 aliphatic carbocycles. The van der Waals surface area contributed by atoms with Crippen molar-refractivity contribution in [2.24, 2.45) is 0 Å². The average Bonchev–Trinajstić information content (AvgIpc) is 3.72. The SMILES string of the molecule is Nc1nc2c(ncn2[C@@H]2O[C@@H]3COP(=O)(O)O[C@@H]4C(F)[C@H](n5cnc6c(N)nc(Cl)nc65)O[C@@H]4COP(O)(=S)O[C@H]2C3O)c(=O)[nH]1. The van der Waals surface area contributed by atoms with Crippen molar-refractivity contribution in [3.63, 3.8) is 0 Å². The first kappa shape index (κ1) is 31.8. The number of aromatic amines is 1. The van der Waals surface area contributed by atoms with Crippen LogP contribution in [0.15, 0.2) is 17.4 Å². The second kappa shape index (κ2) is 11.4. The van der Waals surface area contributed by atoms with Gasteiger partial charge in [0.1, 0.15) is 36.0 Å². The van der Waals surface area contributed by atoms with Crippen LogP contribution in [0.1, 0.15) is 12.5 Å². The van der Waals surface area contributed by atoms with E-state index in [1.54, 1.807) is 0 Å². The van der Waals surface area contributed by atoms with Crippen molar-refractivity contribution in [2.45, 2.75) is 49.1 Å². The van der Waals surface area contributed by atoms with E-state index in [0.717, 1.165) is 17.2 Å². The molecule has 4 unspecified atom stereocenters. The van der Waals surface area contributed by atoms with Crippen LogP contribution in [0.4, 0.5) is 16.2 Å². The predicted octanol–water partition coefficient (Wildman–Crippen LogP) is -0.595. The van der Waals surface area contributed by atoms with E-state index in [2.05, 4.69) is 29.9 Å². The number of rotatable bonds is 2. The van der Waals surface area contributed by atoms with Crippen molar-refractivity contribution >= 4 is 72.0 Å². The average molecular weight is 727 g/mol. The zero-order valence-electron chi connectivity index (χ0n) is 22.6. The largest absolute Gasteiger partial charge is 0.472 e. The summed E-state index contributed by atoms with van der Waals surface area (Å²) in [6.07, 6.45) is -10.9. The van der Waals surface area contributed by atoms with Crippen molar-refractivity contribution in [3.05, 3.63) is 28.3 Å². The summed E-state index contributed by atoms with van der Waals surface area (Å²) in [5.41, 5.74) is 10.7. The predicted molar refractivity (Wildman–Crippen MR) is 154 cm³/mol. The molecule has 26 heteroatoms. The summed E-state index contributed by atoms with van der Waals surface area (Å²) in [5, 5.41) is 10.8. The highest BCUT2D eigenvalue weighted by atomic mass is 35.5. The maximum Gasteiger partial charge on any atom is 0.472 e. The van der Waals surface area contributed by atoms with Crippen molar-refractivity contribution < 1.29 is 51.4 Å². The van der Waals surface area contributed by atoms with Gasteiger partial charge in [0.2, 0.25) is 11.2 Å². The van der Waals surface area contributed by atoms with Gasteiger partial charge in [-0.1, -0.05) is 0 Å². The molecule has 0 aromatic carbocycles. The van der Waals surface area contributed by atoms with Crippen LogP contribution >= 0.6 is 26.1 Å². The van der Waals surface area contributed by atoms with Crippen molar-refractivity contribution in [3.8, 4) is 0 Å². The number of phosphoric acid groups is 1. The van der Waals surface area contributed by atoms with Crippen LogP contribution in [-0.2, 0) is 43.9 Å². The number of ether oxygens (including phenoxy) is 2. The molecular formula is C20H22ClFN10O11P2S. The molecule has 0 spiro atoms. The number of nitrogens with zero attached hydrogens (tertiary/aromatic N) is 7. The van der Waals surface area contributed by atoms with E-state index in [4.69, 9.17) is 62.4 Å². The van der Waals surface area contributed by atoms with Crippen LogP contribution in [0.25, 0.3) is 22.3 Å². The van der Waals surface area contributed by atoms with Crippen LogP contribution in [0.2, 0.25) is 5.28 Å². The zero-order chi connectivity index (χ0) is 32.7. The van der Waals surface area contributed by atoms with Gasteiger partial charge in [-0.25, -0.2) is 18.9 Å². The van der Waals surface area contributed by atoms with Crippen LogP contribution in [0.5, 0.6) is 0 Å². The number of phosphoric ester groups is 1. The normalized spacial score (nSPS) is 37.2. The Morgan fingerprint density at radius 3 is 2.39 bits per heavy atom. The quantitative estimate of drug-likeness (QED) is 0.111. The molecule has 3 saturated heterocycles. The lowest BCUT2D eigenvalue weighted by Gasteiger charge is -2.27. The number of aliphatic hydroxyl groups is 1. The Labute approximate surface area is 264 Å². The third-order valence-electron chi connectivity index (χ3n) is 7.31. The van der Waals surface area contributed by atoms with E-state index in [1.807, 2.05) is 0 Å². The van der Waals surface area contributed by atoms with Crippen molar-refractivity contribution in [1.29, 1.82) is 0 Å². The molecule has 3 aliphatic rings. The molecule has 7 rings (SSSR count). The highest BCUT2D eigenvalue weighted by molar-refractivity contribution is 8.07. The lowest BCUT2D eigenvalue weighted by Crippen LogP contribution is -2.35. The molecule has 0 amide bonds. The van der Waals surface area contributed by atoms with Gasteiger partial charge in [-0.15, -0.1) is 0 Å². The van der Waals surface area contributed by atoms with Gasteiger partial charge in [0.05, 0.1) is 25.9 Å². The minimum Gasteiger partial charge on any atom is -0.387 e. The fourth-order valence-corrected chi connectivity index (χ4v) is 7.84. The Balaban J connectivity index is 1.21. The van der Waals surface area contributed by atoms with Crippen LogP contribution in [-0.4, -0.2) is 104 Å². The number of aliphatic hydroxyl groups excluding tert-OH is 1. The number of anilines is 2. The fourth-order valence-electron chi connectivity index (χ4n) is 5.30. The number of nitrogen functional groups attached to an aromatic ring is 2. The standard InChI is InChI=1S/C20H22ClFN10O11P2S/c21-19-27-13(23)8-14(28-19)31(3-25-8)17-7(22)11-6(41-17)2-39-45(37,46)43-12-10(33)5(1-38-44(35,36)42-11)40-18(12)32-4-26-9-15(32)29-20(24)30-16(9)34/h3-7,10-12,17-18,33H,1-2H2,(H,35,36)(H,37,46)(H2,23,27,28)(H3,24,29,30,34)/t5-,6-,7?,10?,11+,12+,17-,18-,45?/m1/s1. The third kappa shape index (κ3) is 5.60. The molecule has 3 aliphatic heterocycles. The molecular weight excluding hydrogens is 705 g/mol. The van der Waals surface area contributed by atoms with E-state index in [1.165, 1.54) is 4.57 Å². The summed E-state index contributed by atoms with van der Waals surface area (Å²) in [5.74, 6) is -0.354.